The van der Waals surface area contributed by atoms with Crippen LogP contribution in [0.25, 0.3) is 0 Å². The molecule has 2 heteroatoms. The van der Waals surface area contributed by atoms with Crippen molar-refractivity contribution in [2.45, 2.75) is 45.8 Å². The van der Waals surface area contributed by atoms with Crippen LogP contribution < -0.4 is 10.5 Å². The summed E-state index contributed by atoms with van der Waals surface area (Å²) in [5, 5.41) is 0. The molecule has 0 bridgehead atoms. The number of ether oxygens (including phenoxy) is 1. The summed E-state index contributed by atoms with van der Waals surface area (Å²) in [6.07, 6.45) is 1.81. The molecule has 0 radical (unpaired) electrons. The van der Waals surface area contributed by atoms with E-state index >= 15 is 0 Å². The summed E-state index contributed by atoms with van der Waals surface area (Å²) in [5.74, 6) is 0.879. The van der Waals surface area contributed by atoms with Gasteiger partial charge < -0.3 is 10.5 Å². The quantitative estimate of drug-likeness (QED) is 0.852. The van der Waals surface area contributed by atoms with Crippen molar-refractivity contribution in [1.29, 1.82) is 0 Å². The van der Waals surface area contributed by atoms with Crippen molar-refractivity contribution in [3.63, 3.8) is 0 Å². The Morgan fingerprint density at radius 2 is 1.67 bits per heavy atom. The van der Waals surface area contributed by atoms with Gasteiger partial charge in [0.2, 0.25) is 0 Å². The highest BCUT2D eigenvalue weighted by Gasteiger charge is 2.22. The summed E-state index contributed by atoms with van der Waals surface area (Å²) in [5.41, 5.74) is 10.0. The molecule has 0 aliphatic heterocycles. The van der Waals surface area contributed by atoms with Gasteiger partial charge in [-0.25, -0.2) is 0 Å². The molecule has 2 aromatic rings. The van der Waals surface area contributed by atoms with E-state index in [9.17, 15) is 0 Å². The van der Waals surface area contributed by atoms with Crippen LogP contribution in [-0.4, -0.2) is 6.04 Å². The topological polar surface area (TPSA) is 35.2 Å². The van der Waals surface area contributed by atoms with Crippen molar-refractivity contribution in [3.8, 4) is 5.75 Å². The highest BCUT2D eigenvalue weighted by atomic mass is 16.5. The Labute approximate surface area is 127 Å². The third-order valence-electron chi connectivity index (χ3n) is 3.95. The molecule has 2 atom stereocenters. The number of hydrogen-bond donors (Lipinski definition) is 1. The number of benzene rings is 2. The molecular formula is C19H25NO. The van der Waals surface area contributed by atoms with Crippen LogP contribution in [0.4, 0.5) is 0 Å². The van der Waals surface area contributed by atoms with E-state index in [-0.39, 0.29) is 12.1 Å². The molecule has 0 fully saturated rings. The summed E-state index contributed by atoms with van der Waals surface area (Å²) in [4.78, 5) is 0. The maximum atomic E-state index is 6.30. The lowest BCUT2D eigenvalue weighted by atomic mass is 9.96. The predicted octanol–water partition coefficient (Wildman–Crippen LogP) is 4.41. The molecule has 0 saturated heterocycles. The van der Waals surface area contributed by atoms with Gasteiger partial charge in [0.1, 0.15) is 11.9 Å². The third kappa shape index (κ3) is 3.85. The van der Waals surface area contributed by atoms with Crippen molar-refractivity contribution >= 4 is 0 Å². The second-order valence-electron chi connectivity index (χ2n) is 5.46. The van der Waals surface area contributed by atoms with E-state index in [0.717, 1.165) is 18.6 Å². The first-order valence-electron chi connectivity index (χ1n) is 7.72. The zero-order valence-electron chi connectivity index (χ0n) is 13.2. The molecule has 2 N–H and O–H groups in total. The Balaban J connectivity index is 2.26. The van der Waals surface area contributed by atoms with E-state index in [1.165, 1.54) is 16.7 Å². The molecule has 0 amide bonds. The first kappa shape index (κ1) is 15.6. The van der Waals surface area contributed by atoms with Crippen LogP contribution in [-0.2, 0) is 6.42 Å². The first-order valence-corrected chi connectivity index (χ1v) is 7.72. The molecule has 2 rings (SSSR count). The molecule has 0 aliphatic rings. The SMILES string of the molecule is CCc1ccc(OC(c2ccccc2C)C(N)CC)cc1. The van der Waals surface area contributed by atoms with Crippen LogP contribution in [0.5, 0.6) is 5.75 Å². The minimum Gasteiger partial charge on any atom is -0.484 e. The molecule has 0 aliphatic carbocycles. The molecule has 2 aromatic carbocycles. The molecule has 0 aromatic heterocycles. The van der Waals surface area contributed by atoms with Gasteiger partial charge in [0.25, 0.3) is 0 Å². The largest absolute Gasteiger partial charge is 0.484 e. The maximum absolute atomic E-state index is 6.30. The van der Waals surface area contributed by atoms with E-state index < -0.39 is 0 Å². The van der Waals surface area contributed by atoms with Crippen LogP contribution in [0, 0.1) is 6.92 Å². The van der Waals surface area contributed by atoms with Gasteiger partial charge in [0.05, 0.1) is 0 Å². The van der Waals surface area contributed by atoms with Crippen molar-refractivity contribution in [1.82, 2.24) is 0 Å². The maximum Gasteiger partial charge on any atom is 0.139 e. The zero-order chi connectivity index (χ0) is 15.2. The fraction of sp³-hybridized carbons (Fsp3) is 0.368. The third-order valence-corrected chi connectivity index (χ3v) is 3.95. The Kier molecular flexibility index (Phi) is 5.40. The van der Waals surface area contributed by atoms with Crippen molar-refractivity contribution in [3.05, 3.63) is 65.2 Å². The van der Waals surface area contributed by atoms with Gasteiger partial charge in [0, 0.05) is 6.04 Å². The molecular weight excluding hydrogens is 258 g/mol. The van der Waals surface area contributed by atoms with E-state index in [2.05, 4.69) is 45.0 Å². The number of nitrogens with two attached hydrogens (primary N) is 1. The summed E-state index contributed by atoms with van der Waals surface area (Å²) in [6.45, 7) is 6.35. The minimum absolute atomic E-state index is 0.0167. The summed E-state index contributed by atoms with van der Waals surface area (Å²) in [7, 11) is 0. The van der Waals surface area contributed by atoms with Crippen LogP contribution in [0.1, 0.15) is 43.1 Å². The lowest BCUT2D eigenvalue weighted by molar-refractivity contribution is 0.170. The van der Waals surface area contributed by atoms with Gasteiger partial charge in [0.15, 0.2) is 0 Å². The monoisotopic (exact) mass is 283 g/mol. The number of hydrogen-bond acceptors (Lipinski definition) is 2. The smallest absolute Gasteiger partial charge is 0.139 e. The normalized spacial score (nSPS) is 13.7. The Morgan fingerprint density at radius 1 is 1.00 bits per heavy atom. The van der Waals surface area contributed by atoms with E-state index in [0.29, 0.717) is 0 Å². The fourth-order valence-electron chi connectivity index (χ4n) is 2.45. The molecule has 21 heavy (non-hydrogen) atoms. The Bertz CT molecular complexity index is 562. The molecule has 0 spiro atoms. The van der Waals surface area contributed by atoms with Crippen molar-refractivity contribution in [2.75, 3.05) is 0 Å². The number of rotatable bonds is 6. The number of aryl methyl sites for hydroxylation is 2. The molecule has 0 heterocycles. The average molecular weight is 283 g/mol. The van der Waals surface area contributed by atoms with Crippen LogP contribution in [0.2, 0.25) is 0 Å². The van der Waals surface area contributed by atoms with Gasteiger partial charge in [-0.2, -0.15) is 0 Å². The van der Waals surface area contributed by atoms with E-state index in [1.807, 2.05) is 24.3 Å². The van der Waals surface area contributed by atoms with E-state index in [4.69, 9.17) is 10.5 Å². The van der Waals surface area contributed by atoms with Gasteiger partial charge >= 0.3 is 0 Å². The van der Waals surface area contributed by atoms with Gasteiger partial charge in [-0.3, -0.25) is 0 Å². The van der Waals surface area contributed by atoms with Crippen LogP contribution in [0.15, 0.2) is 48.5 Å². The lowest BCUT2D eigenvalue weighted by Crippen LogP contribution is -2.32. The summed E-state index contributed by atoms with van der Waals surface area (Å²) < 4.78 is 6.21. The second-order valence-corrected chi connectivity index (χ2v) is 5.46. The van der Waals surface area contributed by atoms with Crippen molar-refractivity contribution < 1.29 is 4.74 Å². The van der Waals surface area contributed by atoms with Gasteiger partial charge in [-0.15, -0.1) is 0 Å². The minimum atomic E-state index is -0.108. The molecule has 2 unspecified atom stereocenters. The Morgan fingerprint density at radius 3 is 2.24 bits per heavy atom. The lowest BCUT2D eigenvalue weighted by Gasteiger charge is -2.26. The van der Waals surface area contributed by atoms with Crippen LogP contribution >= 0.6 is 0 Å². The molecule has 2 nitrogen and oxygen atoms in total. The standard InChI is InChI=1S/C19H25NO/c1-4-15-10-12-16(13-11-15)21-19(18(20)5-2)17-9-7-6-8-14(17)3/h6-13,18-19H,4-5,20H2,1-3H3. The predicted molar refractivity (Wildman–Crippen MR) is 88.6 cm³/mol. The van der Waals surface area contributed by atoms with Crippen molar-refractivity contribution in [2.24, 2.45) is 5.73 Å². The second kappa shape index (κ2) is 7.28. The average Bonchev–Trinajstić information content (AvgIpc) is 2.53. The molecule has 0 saturated carbocycles. The zero-order valence-corrected chi connectivity index (χ0v) is 13.2. The fourth-order valence-corrected chi connectivity index (χ4v) is 2.45. The first-order chi connectivity index (χ1) is 10.2. The van der Waals surface area contributed by atoms with Gasteiger partial charge in [-0.1, -0.05) is 50.2 Å². The highest BCUT2D eigenvalue weighted by Crippen LogP contribution is 2.27. The summed E-state index contributed by atoms with van der Waals surface area (Å²) in [6, 6.07) is 16.6. The van der Waals surface area contributed by atoms with E-state index in [1.54, 1.807) is 0 Å². The van der Waals surface area contributed by atoms with Gasteiger partial charge in [-0.05, 0) is 48.6 Å². The van der Waals surface area contributed by atoms with Crippen LogP contribution in [0.3, 0.4) is 0 Å². The summed E-state index contributed by atoms with van der Waals surface area (Å²) >= 11 is 0. The molecule has 112 valence electrons. The highest BCUT2D eigenvalue weighted by molar-refractivity contribution is 5.32. The Hall–Kier alpha value is -1.80.